The van der Waals surface area contributed by atoms with E-state index in [1.54, 1.807) is 4.90 Å². The van der Waals surface area contributed by atoms with Gasteiger partial charge in [0.2, 0.25) is 10.0 Å². The summed E-state index contributed by atoms with van der Waals surface area (Å²) in [6, 6.07) is 9.79. The third-order valence-electron chi connectivity index (χ3n) is 5.73. The molecule has 2 aliphatic rings. The maximum Gasteiger partial charge on any atom is 0.272 e. The number of nitriles is 1. The van der Waals surface area contributed by atoms with Gasteiger partial charge in [-0.15, -0.1) is 0 Å². The normalized spacial score (nSPS) is 18.1. The minimum atomic E-state index is -3.66. The molecule has 9 heteroatoms. The molecule has 2 heterocycles. The quantitative estimate of drug-likeness (QED) is 0.726. The lowest BCUT2D eigenvalue weighted by molar-refractivity contribution is 0.0677. The maximum absolute atomic E-state index is 13.3. The van der Waals surface area contributed by atoms with E-state index < -0.39 is 10.0 Å². The number of sulfonamides is 1. The molecule has 4 rings (SSSR count). The molecule has 0 unspecified atom stereocenters. The molecule has 0 atom stereocenters. The Hall–Kier alpha value is -2.70. The van der Waals surface area contributed by atoms with Gasteiger partial charge in [0.1, 0.15) is 5.69 Å². The highest BCUT2D eigenvalue weighted by Crippen LogP contribution is 2.40. The molecule has 1 amide bonds. The Labute approximate surface area is 183 Å². The lowest BCUT2D eigenvalue weighted by Crippen LogP contribution is -2.51. The van der Waals surface area contributed by atoms with E-state index >= 15 is 0 Å². The van der Waals surface area contributed by atoms with Crippen molar-refractivity contribution in [2.75, 3.05) is 26.2 Å². The van der Waals surface area contributed by atoms with Gasteiger partial charge < -0.3 is 4.90 Å². The van der Waals surface area contributed by atoms with Crippen LogP contribution in [0.1, 0.15) is 61.3 Å². The molecule has 0 bridgehead atoms. The van der Waals surface area contributed by atoms with Crippen LogP contribution in [0.2, 0.25) is 0 Å². The number of rotatable bonds is 4. The van der Waals surface area contributed by atoms with E-state index in [1.807, 2.05) is 37.6 Å². The molecule has 1 aromatic heterocycles. The van der Waals surface area contributed by atoms with Crippen molar-refractivity contribution in [3.8, 4) is 6.07 Å². The fourth-order valence-electron chi connectivity index (χ4n) is 3.79. The predicted molar refractivity (Wildman–Crippen MR) is 115 cm³/mol. The molecule has 164 valence electrons. The molecule has 31 heavy (non-hydrogen) atoms. The van der Waals surface area contributed by atoms with E-state index in [4.69, 9.17) is 10.4 Å². The van der Waals surface area contributed by atoms with Crippen molar-refractivity contribution < 1.29 is 13.2 Å². The van der Waals surface area contributed by atoms with Crippen molar-refractivity contribution in [2.45, 2.75) is 50.0 Å². The zero-order valence-electron chi connectivity index (χ0n) is 18.1. The van der Waals surface area contributed by atoms with Crippen molar-refractivity contribution in [3.05, 3.63) is 47.3 Å². The van der Waals surface area contributed by atoms with E-state index in [9.17, 15) is 13.2 Å². The lowest BCUT2D eigenvalue weighted by Gasteiger charge is -2.34. The molecule has 1 aliphatic heterocycles. The summed E-state index contributed by atoms with van der Waals surface area (Å²) < 4.78 is 29.1. The molecule has 1 saturated heterocycles. The molecule has 2 aromatic rings. The Morgan fingerprint density at radius 3 is 2.23 bits per heavy atom. The predicted octanol–water partition coefficient (Wildman–Crippen LogP) is 2.53. The molecule has 0 radical (unpaired) electrons. The third kappa shape index (κ3) is 4.23. The van der Waals surface area contributed by atoms with Crippen molar-refractivity contribution >= 4 is 15.9 Å². The van der Waals surface area contributed by atoms with Crippen LogP contribution in [0, 0.1) is 11.3 Å². The average Bonchev–Trinajstić information content (AvgIpc) is 3.50. The number of nitrogens with zero attached hydrogens (tertiary/aromatic N) is 5. The van der Waals surface area contributed by atoms with Crippen LogP contribution in [0.3, 0.4) is 0 Å². The molecule has 8 nitrogen and oxygen atoms in total. The smallest absolute Gasteiger partial charge is 0.272 e. The Morgan fingerprint density at radius 1 is 1.10 bits per heavy atom. The summed E-state index contributed by atoms with van der Waals surface area (Å²) in [6.45, 7) is 7.17. The van der Waals surface area contributed by atoms with E-state index in [1.165, 1.54) is 28.6 Å². The third-order valence-corrected chi connectivity index (χ3v) is 7.64. The molecular formula is C22H27N5O3S. The Balaban J connectivity index is 1.49. The van der Waals surface area contributed by atoms with Crippen LogP contribution in [0.25, 0.3) is 0 Å². The van der Waals surface area contributed by atoms with Crippen molar-refractivity contribution in [3.63, 3.8) is 0 Å². The molecule has 1 aromatic carbocycles. The summed E-state index contributed by atoms with van der Waals surface area (Å²) in [6.07, 6.45) is 2.22. The van der Waals surface area contributed by atoms with Crippen LogP contribution in [0.15, 0.2) is 35.2 Å². The fraction of sp³-hybridized carbons (Fsp3) is 0.500. The van der Waals surface area contributed by atoms with Gasteiger partial charge >= 0.3 is 0 Å². The summed E-state index contributed by atoms with van der Waals surface area (Å²) in [4.78, 5) is 15.2. The molecule has 0 N–H and O–H groups in total. The maximum atomic E-state index is 13.3. The first-order valence-electron chi connectivity index (χ1n) is 10.5. The van der Waals surface area contributed by atoms with Gasteiger partial charge in [0.05, 0.1) is 27.8 Å². The lowest BCUT2D eigenvalue weighted by atomic mass is 10.1. The summed E-state index contributed by atoms with van der Waals surface area (Å²) in [7, 11) is -3.66. The van der Waals surface area contributed by atoms with Gasteiger partial charge in [-0.3, -0.25) is 9.48 Å². The van der Waals surface area contributed by atoms with Crippen LogP contribution >= 0.6 is 0 Å². The minimum absolute atomic E-state index is 0.107. The number of amides is 1. The first-order chi connectivity index (χ1) is 14.6. The van der Waals surface area contributed by atoms with Gasteiger partial charge in [-0.2, -0.15) is 14.7 Å². The van der Waals surface area contributed by atoms with Gasteiger partial charge in [-0.05, 0) is 63.9 Å². The van der Waals surface area contributed by atoms with Gasteiger partial charge in [0.15, 0.2) is 0 Å². The molecule has 2 fully saturated rings. The molecule has 1 aliphatic carbocycles. The SMILES string of the molecule is CC(C)(C)n1nc(C2CC2)cc1C(=O)N1CCN(S(=O)(=O)c2ccc(C#N)cc2)CC1. The van der Waals surface area contributed by atoms with Gasteiger partial charge in [-0.25, -0.2) is 8.42 Å². The number of hydrogen-bond acceptors (Lipinski definition) is 5. The Bertz CT molecular complexity index is 1130. The topological polar surface area (TPSA) is 99.3 Å². The second-order valence-electron chi connectivity index (χ2n) is 9.14. The number of carbonyl (C=O) groups excluding carboxylic acids is 1. The number of hydrogen-bond donors (Lipinski definition) is 0. The highest BCUT2D eigenvalue weighted by molar-refractivity contribution is 7.89. The standard InChI is InChI=1S/C22H27N5O3S/c1-22(2,3)27-20(14-19(24-27)17-6-7-17)21(28)25-10-12-26(13-11-25)31(29,30)18-8-4-16(15-23)5-9-18/h4-5,8-9,14,17H,6-7,10-13H2,1-3H3. The molecular weight excluding hydrogens is 414 g/mol. The van der Waals surface area contributed by atoms with Crippen molar-refractivity contribution in [1.82, 2.24) is 19.0 Å². The van der Waals surface area contributed by atoms with E-state index in [0.717, 1.165) is 18.5 Å². The largest absolute Gasteiger partial charge is 0.335 e. The van der Waals surface area contributed by atoms with Crippen LogP contribution in [-0.2, 0) is 15.6 Å². The first-order valence-corrected chi connectivity index (χ1v) is 12.0. The number of piperazine rings is 1. The summed E-state index contributed by atoms with van der Waals surface area (Å²) in [5.41, 5.74) is 1.63. The zero-order chi connectivity index (χ0) is 22.4. The fourth-order valence-corrected chi connectivity index (χ4v) is 5.21. The zero-order valence-corrected chi connectivity index (χ0v) is 18.9. The van der Waals surface area contributed by atoms with Gasteiger partial charge in [0.25, 0.3) is 5.91 Å². The van der Waals surface area contributed by atoms with Crippen molar-refractivity contribution in [1.29, 1.82) is 5.26 Å². The van der Waals surface area contributed by atoms with Crippen LogP contribution in [-0.4, -0.2) is 59.5 Å². The minimum Gasteiger partial charge on any atom is -0.335 e. The highest BCUT2D eigenvalue weighted by atomic mass is 32.2. The summed E-state index contributed by atoms with van der Waals surface area (Å²) in [5, 5.41) is 13.6. The Morgan fingerprint density at radius 2 is 1.71 bits per heavy atom. The van der Waals surface area contributed by atoms with E-state index in [0.29, 0.717) is 30.3 Å². The van der Waals surface area contributed by atoms with Gasteiger partial charge in [0, 0.05) is 32.1 Å². The molecule has 1 saturated carbocycles. The number of aromatic nitrogens is 2. The highest BCUT2D eigenvalue weighted by Gasteiger charge is 2.35. The monoisotopic (exact) mass is 441 g/mol. The average molecular weight is 442 g/mol. The summed E-state index contributed by atoms with van der Waals surface area (Å²) in [5.74, 6) is 0.342. The van der Waals surface area contributed by atoms with Crippen molar-refractivity contribution in [2.24, 2.45) is 0 Å². The van der Waals surface area contributed by atoms with Crippen LogP contribution < -0.4 is 0 Å². The second-order valence-corrected chi connectivity index (χ2v) is 11.1. The van der Waals surface area contributed by atoms with Crippen LogP contribution in [0.5, 0.6) is 0 Å². The van der Waals surface area contributed by atoms with E-state index in [-0.39, 0.29) is 29.4 Å². The number of benzene rings is 1. The first kappa shape index (κ1) is 21.5. The van der Waals surface area contributed by atoms with E-state index in [2.05, 4.69) is 0 Å². The van der Waals surface area contributed by atoms with Crippen LogP contribution in [0.4, 0.5) is 0 Å². The number of carbonyl (C=O) groups is 1. The second kappa shape index (κ2) is 7.77. The Kier molecular flexibility index (Phi) is 5.40. The summed E-state index contributed by atoms with van der Waals surface area (Å²) >= 11 is 0. The van der Waals surface area contributed by atoms with Gasteiger partial charge in [-0.1, -0.05) is 0 Å². The molecule has 0 spiro atoms.